The summed E-state index contributed by atoms with van der Waals surface area (Å²) in [5, 5.41) is 2.60. The van der Waals surface area contributed by atoms with Crippen LogP contribution in [0.1, 0.15) is 10.7 Å². The molecule has 0 aliphatic heterocycles. The lowest BCUT2D eigenvalue weighted by Crippen LogP contribution is -2.02. The number of aryl methyl sites for hydroxylation is 2. The summed E-state index contributed by atoms with van der Waals surface area (Å²) < 4.78 is 32.3. The van der Waals surface area contributed by atoms with E-state index in [2.05, 4.69) is 4.98 Å². The average molecular weight is 209 g/mol. The molecule has 6 heteroatoms. The molecule has 12 heavy (non-hydrogen) atoms. The van der Waals surface area contributed by atoms with E-state index in [0.717, 1.165) is 5.01 Å². The number of halogens is 1. The van der Waals surface area contributed by atoms with Crippen LogP contribution in [0.5, 0.6) is 0 Å². The molecule has 0 saturated carbocycles. The summed E-state index contributed by atoms with van der Waals surface area (Å²) >= 11 is 1.43. The zero-order valence-electron chi connectivity index (χ0n) is 6.45. The minimum atomic E-state index is -4.35. The lowest BCUT2D eigenvalue weighted by Gasteiger charge is -1.90. The molecule has 0 saturated heterocycles. The molecule has 1 heterocycles. The smallest absolute Gasteiger partial charge is 0.247 e. The first-order valence-electron chi connectivity index (χ1n) is 3.31. The van der Waals surface area contributed by atoms with Gasteiger partial charge in [-0.3, -0.25) is 0 Å². The Hall–Kier alpha value is -0.490. The maximum atomic E-state index is 12.0. The van der Waals surface area contributed by atoms with Crippen LogP contribution < -0.4 is 0 Å². The Morgan fingerprint density at radius 2 is 2.33 bits per heavy atom. The molecule has 0 aromatic carbocycles. The van der Waals surface area contributed by atoms with Crippen LogP contribution in [0.15, 0.2) is 5.38 Å². The summed E-state index contributed by atoms with van der Waals surface area (Å²) in [6.45, 7) is 1.82. The summed E-state index contributed by atoms with van der Waals surface area (Å²) in [7, 11) is -4.35. The third-order valence-corrected chi connectivity index (χ3v) is 2.78. The van der Waals surface area contributed by atoms with Gasteiger partial charge in [0.25, 0.3) is 0 Å². The number of thiazole rings is 1. The van der Waals surface area contributed by atoms with Gasteiger partial charge in [-0.2, -0.15) is 8.42 Å². The van der Waals surface area contributed by atoms with Crippen molar-refractivity contribution in [1.29, 1.82) is 0 Å². The van der Waals surface area contributed by atoms with Crippen molar-refractivity contribution >= 4 is 21.6 Å². The summed E-state index contributed by atoms with van der Waals surface area (Å²) in [6, 6.07) is 0. The molecule has 1 aromatic rings. The summed E-state index contributed by atoms with van der Waals surface area (Å²) in [5.74, 6) is -0.476. The van der Waals surface area contributed by atoms with Crippen LogP contribution in [0.4, 0.5) is 3.89 Å². The van der Waals surface area contributed by atoms with Crippen LogP contribution in [0.25, 0.3) is 0 Å². The van der Waals surface area contributed by atoms with Gasteiger partial charge in [0.15, 0.2) is 0 Å². The van der Waals surface area contributed by atoms with Crippen molar-refractivity contribution in [3.63, 3.8) is 0 Å². The SMILES string of the molecule is Cc1nc(CCS(=O)(=O)F)cs1. The normalized spacial score (nSPS) is 11.8. The van der Waals surface area contributed by atoms with Crippen molar-refractivity contribution in [2.45, 2.75) is 13.3 Å². The predicted octanol–water partition coefficient (Wildman–Crippen LogP) is 1.29. The number of hydrogen-bond acceptors (Lipinski definition) is 4. The molecular weight excluding hydrogens is 201 g/mol. The number of hydrogen-bond donors (Lipinski definition) is 0. The van der Waals surface area contributed by atoms with Gasteiger partial charge in [-0.1, -0.05) is 0 Å². The van der Waals surface area contributed by atoms with Gasteiger partial charge in [0.2, 0.25) is 0 Å². The van der Waals surface area contributed by atoms with E-state index in [0.29, 0.717) is 5.69 Å². The van der Waals surface area contributed by atoms with Crippen molar-refractivity contribution in [2.24, 2.45) is 0 Å². The molecule has 0 atom stereocenters. The summed E-state index contributed by atoms with van der Waals surface area (Å²) in [5.41, 5.74) is 0.638. The van der Waals surface area contributed by atoms with Crippen LogP contribution >= 0.6 is 11.3 Å². The minimum Gasteiger partial charge on any atom is -0.247 e. The van der Waals surface area contributed by atoms with Crippen LogP contribution in [0, 0.1) is 6.92 Å². The standard InChI is InChI=1S/C6H8FNO2S2/c1-5-8-6(4-11-5)2-3-12(7,9)10/h4H,2-3H2,1H3. The fraction of sp³-hybridized carbons (Fsp3) is 0.500. The Balaban J connectivity index is 2.55. The fourth-order valence-corrected chi connectivity index (χ4v) is 1.85. The number of rotatable bonds is 3. The molecule has 0 amide bonds. The molecule has 0 unspecified atom stereocenters. The average Bonchev–Trinajstić information content (AvgIpc) is 2.30. The topological polar surface area (TPSA) is 47.0 Å². The highest BCUT2D eigenvalue weighted by molar-refractivity contribution is 7.86. The van der Waals surface area contributed by atoms with Gasteiger partial charge < -0.3 is 0 Å². The second-order valence-electron chi connectivity index (χ2n) is 2.35. The Morgan fingerprint density at radius 3 is 2.75 bits per heavy atom. The summed E-state index contributed by atoms with van der Waals surface area (Å²) in [4.78, 5) is 4.00. The van der Waals surface area contributed by atoms with E-state index in [-0.39, 0.29) is 6.42 Å². The second-order valence-corrected chi connectivity index (χ2v) is 4.90. The van der Waals surface area contributed by atoms with Crippen molar-refractivity contribution in [3.8, 4) is 0 Å². The van der Waals surface area contributed by atoms with E-state index in [4.69, 9.17) is 0 Å². The molecule has 0 spiro atoms. The van der Waals surface area contributed by atoms with Crippen LogP contribution in [-0.2, 0) is 16.6 Å². The van der Waals surface area contributed by atoms with E-state index in [1.54, 1.807) is 5.38 Å². The molecule has 0 bridgehead atoms. The molecule has 0 fully saturated rings. The van der Waals surface area contributed by atoms with Crippen molar-refractivity contribution in [2.75, 3.05) is 5.75 Å². The van der Waals surface area contributed by atoms with E-state index in [9.17, 15) is 12.3 Å². The summed E-state index contributed by atoms with van der Waals surface area (Å²) in [6.07, 6.45) is 0.156. The molecule has 1 aromatic heterocycles. The zero-order valence-corrected chi connectivity index (χ0v) is 8.08. The van der Waals surface area contributed by atoms with Gasteiger partial charge >= 0.3 is 10.2 Å². The first kappa shape index (κ1) is 9.60. The lowest BCUT2D eigenvalue weighted by atomic mass is 10.4. The van der Waals surface area contributed by atoms with Crippen LogP contribution in [0.3, 0.4) is 0 Å². The van der Waals surface area contributed by atoms with E-state index >= 15 is 0 Å². The van der Waals surface area contributed by atoms with E-state index in [1.807, 2.05) is 6.92 Å². The van der Waals surface area contributed by atoms with Gasteiger partial charge in [-0.05, 0) is 6.92 Å². The van der Waals surface area contributed by atoms with Crippen LogP contribution in [-0.4, -0.2) is 19.2 Å². The third kappa shape index (κ3) is 3.27. The quantitative estimate of drug-likeness (QED) is 0.705. The van der Waals surface area contributed by atoms with Crippen LogP contribution in [0.2, 0.25) is 0 Å². The predicted molar refractivity (Wildman–Crippen MR) is 45.4 cm³/mol. The molecule has 0 aliphatic rings. The fourth-order valence-electron chi connectivity index (χ4n) is 0.750. The highest BCUT2D eigenvalue weighted by Gasteiger charge is 2.08. The molecule has 68 valence electrons. The largest absolute Gasteiger partial charge is 0.302 e. The number of aromatic nitrogens is 1. The van der Waals surface area contributed by atoms with Gasteiger partial charge in [0.1, 0.15) is 0 Å². The maximum absolute atomic E-state index is 12.0. The highest BCUT2D eigenvalue weighted by Crippen LogP contribution is 2.09. The second kappa shape index (κ2) is 3.49. The highest BCUT2D eigenvalue weighted by atomic mass is 32.3. The van der Waals surface area contributed by atoms with Gasteiger partial charge in [0, 0.05) is 11.8 Å². The Morgan fingerprint density at radius 1 is 1.67 bits per heavy atom. The van der Waals surface area contributed by atoms with Crippen molar-refractivity contribution in [1.82, 2.24) is 4.98 Å². The number of nitrogens with zero attached hydrogens (tertiary/aromatic N) is 1. The first-order valence-corrected chi connectivity index (χ1v) is 5.74. The Labute approximate surface area is 74.5 Å². The van der Waals surface area contributed by atoms with E-state index < -0.39 is 16.0 Å². The van der Waals surface area contributed by atoms with Gasteiger partial charge in [0.05, 0.1) is 16.5 Å². The molecule has 0 N–H and O–H groups in total. The maximum Gasteiger partial charge on any atom is 0.302 e. The minimum absolute atomic E-state index is 0.156. The molecular formula is C6H8FNO2S2. The lowest BCUT2D eigenvalue weighted by molar-refractivity contribution is 0.551. The zero-order chi connectivity index (χ0) is 9.19. The third-order valence-electron chi connectivity index (χ3n) is 1.27. The molecule has 1 rings (SSSR count). The molecule has 0 aliphatic carbocycles. The first-order chi connectivity index (χ1) is 5.47. The van der Waals surface area contributed by atoms with Crippen molar-refractivity contribution in [3.05, 3.63) is 16.1 Å². The monoisotopic (exact) mass is 209 g/mol. The molecule has 0 radical (unpaired) electrons. The Kier molecular flexibility index (Phi) is 2.79. The molecule has 3 nitrogen and oxygen atoms in total. The van der Waals surface area contributed by atoms with Gasteiger partial charge in [-0.25, -0.2) is 4.98 Å². The van der Waals surface area contributed by atoms with Crippen molar-refractivity contribution < 1.29 is 12.3 Å². The van der Waals surface area contributed by atoms with E-state index in [1.165, 1.54) is 11.3 Å². The van der Waals surface area contributed by atoms with Gasteiger partial charge in [-0.15, -0.1) is 15.2 Å². The Bertz CT molecular complexity index is 357.